The van der Waals surface area contributed by atoms with Gasteiger partial charge >= 0.3 is 0 Å². The van der Waals surface area contributed by atoms with Crippen LogP contribution in [-0.2, 0) is 4.79 Å². The number of ether oxygens (including phenoxy) is 1. The zero-order chi connectivity index (χ0) is 17.8. The third-order valence-electron chi connectivity index (χ3n) is 4.17. The maximum absolute atomic E-state index is 12.4. The Hall–Kier alpha value is -2.79. The Morgan fingerprint density at radius 3 is 2.80 bits per heavy atom. The molecule has 0 spiro atoms. The zero-order valence-corrected chi connectivity index (χ0v) is 14.5. The van der Waals surface area contributed by atoms with Crippen LogP contribution in [-0.4, -0.2) is 37.8 Å². The number of nitrogens with zero attached hydrogens (tertiary/aromatic N) is 1. The van der Waals surface area contributed by atoms with Crippen molar-refractivity contribution in [3.63, 3.8) is 0 Å². The molecular formula is C20H22N2O3. The van der Waals surface area contributed by atoms with E-state index >= 15 is 0 Å². The van der Waals surface area contributed by atoms with Crippen LogP contribution in [0.4, 0.5) is 11.4 Å². The van der Waals surface area contributed by atoms with Crippen molar-refractivity contribution in [2.24, 2.45) is 0 Å². The second-order valence-corrected chi connectivity index (χ2v) is 5.86. The minimum absolute atomic E-state index is 0.0743. The van der Waals surface area contributed by atoms with Crippen LogP contribution in [0.2, 0.25) is 0 Å². The minimum atomic E-state index is -0.122. The van der Waals surface area contributed by atoms with Crippen molar-refractivity contribution in [2.75, 3.05) is 37.0 Å². The van der Waals surface area contributed by atoms with E-state index in [1.807, 2.05) is 67.4 Å². The van der Waals surface area contributed by atoms with E-state index in [1.54, 1.807) is 0 Å². The van der Waals surface area contributed by atoms with Gasteiger partial charge in [0, 0.05) is 36.5 Å². The molecule has 5 nitrogen and oxygen atoms in total. The molecule has 2 aromatic rings. The highest BCUT2D eigenvalue weighted by atomic mass is 16.5. The van der Waals surface area contributed by atoms with E-state index < -0.39 is 0 Å². The molecule has 25 heavy (non-hydrogen) atoms. The molecular weight excluding hydrogens is 316 g/mol. The number of amides is 1. The van der Waals surface area contributed by atoms with Crippen molar-refractivity contribution < 1.29 is 14.6 Å². The van der Waals surface area contributed by atoms with Crippen LogP contribution >= 0.6 is 0 Å². The third-order valence-corrected chi connectivity index (χ3v) is 4.17. The number of likely N-dealkylation sites (N-methyl/N-ethyl adjacent to an activating group) is 1. The van der Waals surface area contributed by atoms with Gasteiger partial charge in [-0.05, 0) is 36.8 Å². The number of para-hydroxylation sites is 1. The van der Waals surface area contributed by atoms with E-state index in [9.17, 15) is 9.90 Å². The quantitative estimate of drug-likeness (QED) is 0.795. The zero-order valence-electron chi connectivity index (χ0n) is 14.5. The maximum atomic E-state index is 12.4. The molecule has 0 aliphatic carbocycles. The first kappa shape index (κ1) is 17.0. The van der Waals surface area contributed by atoms with Gasteiger partial charge in [-0.2, -0.15) is 0 Å². The van der Waals surface area contributed by atoms with Gasteiger partial charge in [0.15, 0.2) is 0 Å². The lowest BCUT2D eigenvalue weighted by Gasteiger charge is -2.20. The lowest BCUT2D eigenvalue weighted by Crippen LogP contribution is -2.21. The molecule has 1 aliphatic rings. The third kappa shape index (κ3) is 3.51. The molecule has 1 amide bonds. The van der Waals surface area contributed by atoms with Gasteiger partial charge in [-0.25, -0.2) is 0 Å². The SMILES string of the molecule is CCOc1ccc2c(c1)NC(=O)C2=Cc1ccccc1N(C)CCO. The van der Waals surface area contributed by atoms with Gasteiger partial charge in [0.25, 0.3) is 5.91 Å². The molecule has 0 fully saturated rings. The standard InChI is InChI=1S/C20H22N2O3/c1-3-25-15-8-9-16-17(20(24)21-18(16)13-15)12-14-6-4-5-7-19(14)22(2)10-11-23/h4-9,12-13,23H,3,10-11H2,1-2H3,(H,21,24). The van der Waals surface area contributed by atoms with Gasteiger partial charge in [-0.15, -0.1) is 0 Å². The van der Waals surface area contributed by atoms with Crippen LogP contribution in [0, 0.1) is 0 Å². The van der Waals surface area contributed by atoms with Gasteiger partial charge in [-0.1, -0.05) is 18.2 Å². The number of aliphatic hydroxyl groups excluding tert-OH is 1. The monoisotopic (exact) mass is 338 g/mol. The number of nitrogens with one attached hydrogen (secondary N) is 1. The van der Waals surface area contributed by atoms with Gasteiger partial charge < -0.3 is 20.1 Å². The molecule has 5 heteroatoms. The predicted molar refractivity (Wildman–Crippen MR) is 101 cm³/mol. The Morgan fingerprint density at radius 1 is 1.24 bits per heavy atom. The van der Waals surface area contributed by atoms with Crippen LogP contribution in [0.5, 0.6) is 5.75 Å². The first-order valence-corrected chi connectivity index (χ1v) is 8.35. The molecule has 2 aromatic carbocycles. The largest absolute Gasteiger partial charge is 0.494 e. The van der Waals surface area contributed by atoms with Crippen LogP contribution < -0.4 is 15.0 Å². The Labute approximate surface area is 147 Å². The molecule has 0 aromatic heterocycles. The van der Waals surface area contributed by atoms with Crippen LogP contribution in [0.15, 0.2) is 42.5 Å². The molecule has 1 aliphatic heterocycles. The summed E-state index contributed by atoms with van der Waals surface area (Å²) in [5.41, 5.74) is 4.17. The summed E-state index contributed by atoms with van der Waals surface area (Å²) in [5, 5.41) is 12.1. The van der Waals surface area contributed by atoms with E-state index in [1.165, 1.54) is 0 Å². The molecule has 0 atom stereocenters. The summed E-state index contributed by atoms with van der Waals surface area (Å²) in [4.78, 5) is 14.4. The molecule has 130 valence electrons. The summed E-state index contributed by atoms with van der Waals surface area (Å²) in [7, 11) is 1.92. The van der Waals surface area contributed by atoms with Gasteiger partial charge in [0.05, 0.1) is 18.9 Å². The smallest absolute Gasteiger partial charge is 0.256 e. The molecule has 0 saturated heterocycles. The molecule has 0 saturated carbocycles. The van der Waals surface area contributed by atoms with Crippen molar-refractivity contribution in [1.82, 2.24) is 0 Å². The summed E-state index contributed by atoms with van der Waals surface area (Å²) >= 11 is 0. The summed E-state index contributed by atoms with van der Waals surface area (Å²) in [6.45, 7) is 3.11. The Balaban J connectivity index is 2.00. The van der Waals surface area contributed by atoms with Crippen molar-refractivity contribution in [3.8, 4) is 5.75 Å². The fraction of sp³-hybridized carbons (Fsp3) is 0.250. The second kappa shape index (κ2) is 7.40. The fourth-order valence-corrected chi connectivity index (χ4v) is 2.96. The van der Waals surface area contributed by atoms with Crippen molar-refractivity contribution >= 4 is 28.9 Å². The predicted octanol–water partition coefficient (Wildman–Crippen LogP) is 3.01. The highest BCUT2D eigenvalue weighted by Crippen LogP contribution is 2.36. The number of hydrogen-bond donors (Lipinski definition) is 2. The number of rotatable bonds is 6. The maximum Gasteiger partial charge on any atom is 0.256 e. The molecule has 2 N–H and O–H groups in total. The number of aliphatic hydroxyl groups is 1. The van der Waals surface area contributed by atoms with E-state index in [2.05, 4.69) is 5.32 Å². The van der Waals surface area contributed by atoms with Gasteiger partial charge in [0.2, 0.25) is 0 Å². The lowest BCUT2D eigenvalue weighted by atomic mass is 10.0. The van der Waals surface area contributed by atoms with Crippen molar-refractivity contribution in [2.45, 2.75) is 6.92 Å². The minimum Gasteiger partial charge on any atom is -0.494 e. The van der Waals surface area contributed by atoms with Crippen LogP contribution in [0.25, 0.3) is 11.6 Å². The average molecular weight is 338 g/mol. The van der Waals surface area contributed by atoms with Gasteiger partial charge in [-0.3, -0.25) is 4.79 Å². The Kier molecular flexibility index (Phi) is 5.05. The molecule has 0 bridgehead atoms. The number of fused-ring (bicyclic) bond motifs is 1. The van der Waals surface area contributed by atoms with Crippen LogP contribution in [0.3, 0.4) is 0 Å². The highest BCUT2D eigenvalue weighted by Gasteiger charge is 2.25. The summed E-state index contributed by atoms with van der Waals surface area (Å²) in [5.74, 6) is 0.620. The van der Waals surface area contributed by atoms with E-state index in [4.69, 9.17) is 4.74 Å². The number of carbonyl (C=O) groups excluding carboxylic acids is 1. The number of carbonyl (C=O) groups is 1. The molecule has 3 rings (SSSR count). The van der Waals surface area contributed by atoms with E-state index in [0.717, 1.165) is 28.3 Å². The van der Waals surface area contributed by atoms with Crippen molar-refractivity contribution in [1.29, 1.82) is 0 Å². The normalized spacial score (nSPS) is 14.4. The molecule has 1 heterocycles. The molecule has 0 radical (unpaired) electrons. The Morgan fingerprint density at radius 2 is 2.04 bits per heavy atom. The van der Waals surface area contributed by atoms with E-state index in [0.29, 0.717) is 18.7 Å². The van der Waals surface area contributed by atoms with Crippen LogP contribution in [0.1, 0.15) is 18.1 Å². The fourth-order valence-electron chi connectivity index (χ4n) is 2.96. The first-order valence-electron chi connectivity index (χ1n) is 8.35. The highest BCUT2D eigenvalue weighted by molar-refractivity contribution is 6.35. The second-order valence-electron chi connectivity index (χ2n) is 5.86. The summed E-state index contributed by atoms with van der Waals surface area (Å²) < 4.78 is 5.50. The first-order chi connectivity index (χ1) is 12.1. The molecule has 0 unspecified atom stereocenters. The topological polar surface area (TPSA) is 61.8 Å². The number of benzene rings is 2. The van der Waals surface area contributed by atoms with E-state index in [-0.39, 0.29) is 12.5 Å². The number of anilines is 2. The Bertz CT molecular complexity index is 814. The summed E-state index contributed by atoms with van der Waals surface area (Å²) in [6, 6.07) is 13.5. The lowest BCUT2D eigenvalue weighted by molar-refractivity contribution is -0.110. The summed E-state index contributed by atoms with van der Waals surface area (Å²) in [6.07, 6.45) is 1.89. The average Bonchev–Trinajstić information content (AvgIpc) is 2.91. The van der Waals surface area contributed by atoms with Gasteiger partial charge in [0.1, 0.15) is 5.75 Å². The van der Waals surface area contributed by atoms with Crippen molar-refractivity contribution in [3.05, 3.63) is 53.6 Å². The number of hydrogen-bond acceptors (Lipinski definition) is 4.